The molecule has 0 saturated carbocycles. The Bertz CT molecular complexity index is 807. The molecular weight excluding hydrogens is 347 g/mol. The first-order chi connectivity index (χ1) is 11.9. The van der Waals surface area contributed by atoms with Gasteiger partial charge in [-0.2, -0.15) is 18.4 Å². The van der Waals surface area contributed by atoms with Crippen LogP contribution in [0.25, 0.3) is 0 Å². The first-order valence-corrected chi connectivity index (χ1v) is 8.18. The van der Waals surface area contributed by atoms with Crippen LogP contribution in [-0.4, -0.2) is 12.0 Å². The number of thioether (sulfide) groups is 1. The standard InChI is InChI=1S/C18H14F3N3S/c19-18(20,21)15(11-22)17(25-12-13-7-3-1-4-8-13)24-16(23)14-9-5-2-6-10-14/h1-10H,12H2,(H2,23,24)/b17-15+. The van der Waals surface area contributed by atoms with E-state index in [1.54, 1.807) is 54.6 Å². The van der Waals surface area contributed by atoms with Gasteiger partial charge >= 0.3 is 6.18 Å². The molecule has 128 valence electrons. The molecule has 0 spiro atoms. The summed E-state index contributed by atoms with van der Waals surface area (Å²) in [6.07, 6.45) is -4.80. The minimum Gasteiger partial charge on any atom is -0.383 e. The number of rotatable bonds is 5. The first kappa shape index (κ1) is 18.6. The highest BCUT2D eigenvalue weighted by Gasteiger charge is 2.37. The van der Waals surface area contributed by atoms with Crippen molar-refractivity contribution in [1.29, 1.82) is 5.26 Å². The molecule has 0 amide bonds. The van der Waals surface area contributed by atoms with E-state index in [9.17, 15) is 13.2 Å². The van der Waals surface area contributed by atoms with Gasteiger partial charge in [-0.1, -0.05) is 60.7 Å². The normalized spacial score (nSPS) is 13.1. The molecule has 0 heterocycles. The summed E-state index contributed by atoms with van der Waals surface area (Å²) in [7, 11) is 0. The van der Waals surface area contributed by atoms with Crippen LogP contribution in [0, 0.1) is 11.3 Å². The van der Waals surface area contributed by atoms with E-state index in [0.717, 1.165) is 17.3 Å². The number of aliphatic imine (C=N–C) groups is 1. The summed E-state index contributed by atoms with van der Waals surface area (Å²) in [5.41, 5.74) is 5.78. The van der Waals surface area contributed by atoms with E-state index in [2.05, 4.69) is 4.99 Å². The highest BCUT2D eigenvalue weighted by Crippen LogP contribution is 2.34. The molecule has 0 aliphatic heterocycles. The van der Waals surface area contributed by atoms with E-state index in [1.165, 1.54) is 6.07 Å². The third kappa shape index (κ3) is 5.40. The maximum absolute atomic E-state index is 13.1. The molecular formula is C18H14F3N3S. The van der Waals surface area contributed by atoms with Gasteiger partial charge in [0.05, 0.1) is 0 Å². The van der Waals surface area contributed by atoms with Gasteiger partial charge in [-0.15, -0.1) is 11.8 Å². The number of halogens is 3. The number of allylic oxidation sites excluding steroid dienone is 1. The Hall–Kier alpha value is -2.72. The first-order valence-electron chi connectivity index (χ1n) is 7.19. The summed E-state index contributed by atoms with van der Waals surface area (Å²) >= 11 is 0.827. The molecule has 0 aromatic heterocycles. The van der Waals surface area contributed by atoms with E-state index in [4.69, 9.17) is 11.0 Å². The predicted molar refractivity (Wildman–Crippen MR) is 93.6 cm³/mol. The van der Waals surface area contributed by atoms with Crippen LogP contribution in [0.5, 0.6) is 0 Å². The summed E-state index contributed by atoms with van der Waals surface area (Å²) in [4.78, 5) is 3.89. The van der Waals surface area contributed by atoms with Gasteiger partial charge in [-0.05, 0) is 5.56 Å². The van der Waals surface area contributed by atoms with Crippen molar-refractivity contribution < 1.29 is 13.2 Å². The van der Waals surface area contributed by atoms with Crippen molar-refractivity contribution in [2.45, 2.75) is 11.9 Å². The number of nitrogens with zero attached hydrogens (tertiary/aromatic N) is 2. The van der Waals surface area contributed by atoms with Crippen LogP contribution in [0.1, 0.15) is 11.1 Å². The fourth-order valence-electron chi connectivity index (χ4n) is 1.90. The molecule has 0 fully saturated rings. The van der Waals surface area contributed by atoms with Crippen molar-refractivity contribution in [1.82, 2.24) is 0 Å². The molecule has 0 saturated heterocycles. The number of nitriles is 1. The van der Waals surface area contributed by atoms with Crippen LogP contribution in [0.3, 0.4) is 0 Å². The van der Waals surface area contributed by atoms with Gasteiger partial charge < -0.3 is 5.73 Å². The molecule has 0 aliphatic carbocycles. The molecule has 0 unspecified atom stereocenters. The van der Waals surface area contributed by atoms with Gasteiger partial charge in [0, 0.05) is 11.3 Å². The number of alkyl halides is 3. The SMILES string of the molecule is N#C/C(=C(/N=C(N)c1ccccc1)SCc1ccccc1)C(F)(F)F. The second-order valence-corrected chi connectivity index (χ2v) is 5.89. The Labute approximate surface area is 147 Å². The highest BCUT2D eigenvalue weighted by molar-refractivity contribution is 8.02. The molecule has 25 heavy (non-hydrogen) atoms. The Morgan fingerprint density at radius 1 is 1.04 bits per heavy atom. The third-order valence-corrected chi connectivity index (χ3v) is 4.17. The van der Waals surface area contributed by atoms with Crippen molar-refractivity contribution in [2.75, 3.05) is 0 Å². The monoisotopic (exact) mass is 361 g/mol. The zero-order chi connectivity index (χ0) is 18.3. The minimum absolute atomic E-state index is 0.0758. The van der Waals surface area contributed by atoms with Crippen LogP contribution in [-0.2, 0) is 5.75 Å². The molecule has 7 heteroatoms. The maximum atomic E-state index is 13.1. The molecule has 2 N–H and O–H groups in total. The Kier molecular flexibility index (Phi) is 6.25. The average molecular weight is 361 g/mol. The molecule has 0 radical (unpaired) electrons. The smallest absolute Gasteiger partial charge is 0.383 e. The topological polar surface area (TPSA) is 62.2 Å². The van der Waals surface area contributed by atoms with Crippen LogP contribution in [0.15, 0.2) is 76.3 Å². The van der Waals surface area contributed by atoms with Gasteiger partial charge in [0.15, 0.2) is 5.57 Å². The zero-order valence-corrected chi connectivity index (χ0v) is 13.8. The number of hydrogen-bond acceptors (Lipinski definition) is 3. The van der Waals surface area contributed by atoms with E-state index in [0.29, 0.717) is 5.56 Å². The summed E-state index contributed by atoms with van der Waals surface area (Å²) < 4.78 is 39.4. The minimum atomic E-state index is -4.80. The van der Waals surface area contributed by atoms with Crippen molar-refractivity contribution in [3.8, 4) is 6.07 Å². The molecule has 3 nitrogen and oxygen atoms in total. The third-order valence-electron chi connectivity index (χ3n) is 3.12. The van der Waals surface area contributed by atoms with Gasteiger partial charge in [0.25, 0.3) is 0 Å². The van der Waals surface area contributed by atoms with Gasteiger partial charge in [0.1, 0.15) is 16.9 Å². The Balaban J connectivity index is 2.39. The van der Waals surface area contributed by atoms with Gasteiger partial charge in [-0.25, -0.2) is 4.99 Å². The maximum Gasteiger partial charge on any atom is 0.428 e. The lowest BCUT2D eigenvalue weighted by Crippen LogP contribution is -2.16. The second-order valence-electron chi connectivity index (χ2n) is 4.93. The summed E-state index contributed by atoms with van der Waals surface area (Å²) in [6, 6.07) is 18.6. The summed E-state index contributed by atoms with van der Waals surface area (Å²) in [5, 5.41) is 8.52. The fraction of sp³-hybridized carbons (Fsp3) is 0.111. The fourth-order valence-corrected chi connectivity index (χ4v) is 2.87. The van der Waals surface area contributed by atoms with Crippen LogP contribution < -0.4 is 5.73 Å². The predicted octanol–water partition coefficient (Wildman–Crippen LogP) is 4.62. The number of hydrogen-bond donors (Lipinski definition) is 1. The van der Waals surface area contributed by atoms with Crippen molar-refractivity contribution in [2.24, 2.45) is 10.7 Å². The average Bonchev–Trinajstić information content (AvgIpc) is 2.60. The zero-order valence-electron chi connectivity index (χ0n) is 13.0. The molecule has 2 rings (SSSR count). The lowest BCUT2D eigenvalue weighted by molar-refractivity contribution is -0.0877. The van der Waals surface area contributed by atoms with Gasteiger partial charge in [-0.3, -0.25) is 0 Å². The molecule has 0 bridgehead atoms. The van der Waals surface area contributed by atoms with Crippen molar-refractivity contribution >= 4 is 17.6 Å². The largest absolute Gasteiger partial charge is 0.428 e. The van der Waals surface area contributed by atoms with E-state index in [1.807, 2.05) is 6.07 Å². The summed E-state index contributed by atoms with van der Waals surface area (Å²) in [5.74, 6) is 0.163. The number of benzene rings is 2. The van der Waals surface area contributed by atoms with Crippen molar-refractivity contribution in [3.05, 3.63) is 82.4 Å². The second kappa shape index (κ2) is 8.40. The van der Waals surface area contributed by atoms with E-state index < -0.39 is 16.8 Å². The Morgan fingerprint density at radius 3 is 2.12 bits per heavy atom. The summed E-state index contributed by atoms with van der Waals surface area (Å²) in [6.45, 7) is 0. The lowest BCUT2D eigenvalue weighted by atomic mass is 10.2. The van der Waals surface area contributed by atoms with Crippen LogP contribution in [0.2, 0.25) is 0 Å². The lowest BCUT2D eigenvalue weighted by Gasteiger charge is -2.10. The Morgan fingerprint density at radius 2 is 1.60 bits per heavy atom. The number of amidine groups is 1. The molecule has 0 aliphatic rings. The van der Waals surface area contributed by atoms with E-state index in [-0.39, 0.29) is 11.6 Å². The van der Waals surface area contributed by atoms with Gasteiger partial charge in [0.2, 0.25) is 0 Å². The van der Waals surface area contributed by atoms with Crippen LogP contribution >= 0.6 is 11.8 Å². The van der Waals surface area contributed by atoms with E-state index >= 15 is 0 Å². The molecule has 2 aromatic carbocycles. The number of nitrogens with two attached hydrogens (primary N) is 1. The molecule has 2 aromatic rings. The molecule has 0 atom stereocenters. The highest BCUT2D eigenvalue weighted by atomic mass is 32.2. The van der Waals surface area contributed by atoms with Crippen molar-refractivity contribution in [3.63, 3.8) is 0 Å². The quantitative estimate of drug-likeness (QED) is 0.480. The van der Waals surface area contributed by atoms with Crippen LogP contribution in [0.4, 0.5) is 13.2 Å².